The molecular weight excluding hydrogens is 534 g/mol. The van der Waals surface area contributed by atoms with Crippen molar-refractivity contribution < 1.29 is 9.59 Å². The summed E-state index contributed by atoms with van der Waals surface area (Å²) in [5.41, 5.74) is 6.92. The number of anilines is 1. The topological polar surface area (TPSA) is 68.8 Å². The van der Waals surface area contributed by atoms with Crippen molar-refractivity contribution >= 4 is 17.5 Å². The number of para-hydroxylation sites is 1. The summed E-state index contributed by atoms with van der Waals surface area (Å²) in [4.78, 5) is 37.5. The van der Waals surface area contributed by atoms with Crippen molar-refractivity contribution in [2.75, 3.05) is 37.6 Å². The number of carbonyl (C=O) groups is 2. The minimum atomic E-state index is -0.0507. The minimum Gasteiger partial charge on any atom is -0.364 e. The Morgan fingerprint density at radius 2 is 1.63 bits per heavy atom. The normalized spacial score (nSPS) is 16.7. The van der Waals surface area contributed by atoms with E-state index in [1.165, 1.54) is 16.8 Å². The van der Waals surface area contributed by atoms with Crippen LogP contribution < -0.4 is 10.2 Å². The average molecular weight is 582 g/mol. The van der Waals surface area contributed by atoms with Gasteiger partial charge in [-0.2, -0.15) is 0 Å². The monoisotopic (exact) mass is 581 g/mol. The number of nitrogens with zero attached hydrogens (tertiary/aromatic N) is 4. The summed E-state index contributed by atoms with van der Waals surface area (Å²) in [5.74, 6) is 0.0256. The quantitative estimate of drug-likeness (QED) is 0.322. The van der Waals surface area contributed by atoms with E-state index in [2.05, 4.69) is 70.3 Å². The maximum Gasteiger partial charge on any atom is 0.253 e. The minimum absolute atomic E-state index is 0.0507. The maximum atomic E-state index is 13.2. The predicted molar refractivity (Wildman–Crippen MR) is 174 cm³/mol. The highest BCUT2D eigenvalue weighted by Gasteiger charge is 2.28. The first kappa shape index (κ1) is 30.7. The molecule has 2 aromatic carbocycles. The lowest BCUT2D eigenvalue weighted by atomic mass is 9.97. The molecule has 228 valence electrons. The van der Waals surface area contributed by atoms with Crippen LogP contribution in [0.15, 0.2) is 60.9 Å². The van der Waals surface area contributed by atoms with Crippen LogP contribution in [-0.4, -0.2) is 71.4 Å². The molecule has 0 bridgehead atoms. The number of aryl methyl sites for hydroxylation is 3. The van der Waals surface area contributed by atoms with Crippen LogP contribution >= 0.6 is 0 Å². The second-order valence-electron chi connectivity index (χ2n) is 12.4. The Bertz CT molecular complexity index is 1370. The highest BCUT2D eigenvalue weighted by Crippen LogP contribution is 2.27. The number of aromatic nitrogens is 1. The molecule has 0 radical (unpaired) electrons. The Morgan fingerprint density at radius 3 is 2.28 bits per heavy atom. The fraction of sp³-hybridized carbons (Fsp3) is 0.472. The van der Waals surface area contributed by atoms with E-state index < -0.39 is 0 Å². The van der Waals surface area contributed by atoms with Crippen LogP contribution in [0.3, 0.4) is 0 Å². The zero-order valence-corrected chi connectivity index (χ0v) is 26.3. The van der Waals surface area contributed by atoms with Gasteiger partial charge in [-0.25, -0.2) is 0 Å². The second-order valence-corrected chi connectivity index (χ2v) is 12.4. The number of amides is 2. The molecule has 1 aromatic heterocycles. The summed E-state index contributed by atoms with van der Waals surface area (Å²) >= 11 is 0. The lowest BCUT2D eigenvalue weighted by molar-refractivity contribution is 0.0791. The number of carbonyl (C=O) groups excluding carboxylic acids is 2. The summed E-state index contributed by atoms with van der Waals surface area (Å²) in [6.07, 6.45) is 9.11. The van der Waals surface area contributed by atoms with E-state index in [4.69, 9.17) is 0 Å². The van der Waals surface area contributed by atoms with Crippen LogP contribution in [0, 0.1) is 20.8 Å². The Hall–Kier alpha value is -3.71. The van der Waals surface area contributed by atoms with Gasteiger partial charge in [0.2, 0.25) is 0 Å². The molecule has 5 rings (SSSR count). The van der Waals surface area contributed by atoms with Gasteiger partial charge in [-0.1, -0.05) is 18.2 Å². The maximum absolute atomic E-state index is 13.2. The summed E-state index contributed by atoms with van der Waals surface area (Å²) < 4.78 is 0. The van der Waals surface area contributed by atoms with Crippen molar-refractivity contribution in [3.8, 4) is 0 Å². The predicted octanol–water partition coefficient (Wildman–Crippen LogP) is 5.92. The van der Waals surface area contributed by atoms with Crippen LogP contribution in [0.1, 0.15) is 82.0 Å². The van der Waals surface area contributed by atoms with Crippen LogP contribution in [-0.2, 0) is 6.54 Å². The fourth-order valence-electron chi connectivity index (χ4n) is 6.75. The van der Waals surface area contributed by atoms with Crippen molar-refractivity contribution in [3.63, 3.8) is 0 Å². The highest BCUT2D eigenvalue weighted by atomic mass is 16.2. The highest BCUT2D eigenvalue weighted by molar-refractivity contribution is 6.00. The molecule has 1 atom stereocenters. The number of hydrogen-bond donors (Lipinski definition) is 1. The molecule has 0 spiro atoms. The molecule has 43 heavy (non-hydrogen) atoms. The third-order valence-electron chi connectivity index (χ3n) is 9.39. The molecule has 2 saturated heterocycles. The van der Waals surface area contributed by atoms with Gasteiger partial charge >= 0.3 is 0 Å². The van der Waals surface area contributed by atoms with Crippen molar-refractivity contribution in [1.29, 1.82) is 0 Å². The van der Waals surface area contributed by atoms with Gasteiger partial charge in [0.25, 0.3) is 11.8 Å². The average Bonchev–Trinajstić information content (AvgIpc) is 3.56. The van der Waals surface area contributed by atoms with Crippen LogP contribution in [0.5, 0.6) is 0 Å². The Balaban J connectivity index is 1.13. The summed E-state index contributed by atoms with van der Waals surface area (Å²) in [5, 5.41) is 3.16. The number of benzene rings is 2. The summed E-state index contributed by atoms with van der Waals surface area (Å²) in [6.45, 7) is 13.5. The number of nitrogens with one attached hydrogen (secondary N) is 1. The number of likely N-dealkylation sites (tertiary alicyclic amines) is 2. The molecule has 7 heteroatoms. The summed E-state index contributed by atoms with van der Waals surface area (Å²) in [7, 11) is 0. The zero-order chi connectivity index (χ0) is 30.3. The third kappa shape index (κ3) is 7.45. The van der Waals surface area contributed by atoms with E-state index in [9.17, 15) is 9.59 Å². The Morgan fingerprint density at radius 1 is 0.953 bits per heavy atom. The number of pyridine rings is 1. The smallest absolute Gasteiger partial charge is 0.253 e. The SMILES string of the molecule is Cc1ccncc1CN(c1ccccc1)C1CCN(C(C)CCNC(=O)c2c(C)cc(C(=O)N3CCCC3)cc2C)CC1. The van der Waals surface area contributed by atoms with E-state index in [1.54, 1.807) is 0 Å². The number of piperidine rings is 1. The lowest BCUT2D eigenvalue weighted by Crippen LogP contribution is -2.48. The standard InChI is InChI=1S/C36H47N5O2/c1-26-12-16-37-24-31(26)25-41(32-10-6-5-7-11-32)33-14-20-39(21-15-33)29(4)13-17-38-35(42)34-27(2)22-30(23-28(34)3)36(43)40-18-8-9-19-40/h5-7,10-12,16,22-24,29,33H,8-9,13-15,17-21,25H2,1-4H3,(H,38,42). The molecule has 7 nitrogen and oxygen atoms in total. The van der Waals surface area contributed by atoms with Crippen LogP contribution in [0.2, 0.25) is 0 Å². The third-order valence-corrected chi connectivity index (χ3v) is 9.39. The molecule has 1 N–H and O–H groups in total. The van der Waals surface area contributed by atoms with Gasteiger partial charge in [-0.3, -0.25) is 14.6 Å². The molecule has 1 unspecified atom stereocenters. The van der Waals surface area contributed by atoms with Crippen molar-refractivity contribution in [3.05, 3.63) is 94.3 Å². The lowest BCUT2D eigenvalue weighted by Gasteiger charge is -2.42. The number of hydrogen-bond acceptors (Lipinski definition) is 5. The molecule has 3 heterocycles. The Kier molecular flexibility index (Phi) is 10.1. The van der Waals surface area contributed by atoms with Gasteiger partial charge in [-0.15, -0.1) is 0 Å². The largest absolute Gasteiger partial charge is 0.364 e. The van der Waals surface area contributed by atoms with Gasteiger partial charge in [-0.05, 0) is 112 Å². The van der Waals surface area contributed by atoms with Crippen molar-refractivity contribution in [2.24, 2.45) is 0 Å². The summed E-state index contributed by atoms with van der Waals surface area (Å²) in [6, 6.07) is 17.4. The van der Waals surface area contributed by atoms with Gasteiger partial charge in [0, 0.05) is 80.6 Å². The number of rotatable bonds is 10. The van der Waals surface area contributed by atoms with Crippen LogP contribution in [0.4, 0.5) is 5.69 Å². The van der Waals surface area contributed by atoms with E-state index in [0.717, 1.165) is 76.0 Å². The molecule has 3 aromatic rings. The van der Waals surface area contributed by atoms with E-state index in [0.29, 0.717) is 29.8 Å². The van der Waals surface area contributed by atoms with Crippen molar-refractivity contribution in [2.45, 2.75) is 78.4 Å². The molecule has 2 aliphatic heterocycles. The molecule has 2 fully saturated rings. The molecule has 2 aliphatic rings. The molecule has 0 saturated carbocycles. The molecule has 0 aliphatic carbocycles. The van der Waals surface area contributed by atoms with E-state index in [-0.39, 0.29) is 11.8 Å². The van der Waals surface area contributed by atoms with Crippen molar-refractivity contribution in [1.82, 2.24) is 20.1 Å². The first-order chi connectivity index (χ1) is 20.8. The molecule has 2 amide bonds. The van der Waals surface area contributed by atoms with Gasteiger partial charge in [0.15, 0.2) is 0 Å². The second kappa shape index (κ2) is 14.2. The van der Waals surface area contributed by atoms with Crippen LogP contribution in [0.25, 0.3) is 0 Å². The fourth-order valence-corrected chi connectivity index (χ4v) is 6.75. The van der Waals surface area contributed by atoms with Gasteiger partial charge in [0.05, 0.1) is 0 Å². The first-order valence-corrected chi connectivity index (χ1v) is 16.0. The Labute approximate surface area is 257 Å². The first-order valence-electron chi connectivity index (χ1n) is 16.0. The van der Waals surface area contributed by atoms with E-state index in [1.807, 2.05) is 43.3 Å². The van der Waals surface area contributed by atoms with E-state index >= 15 is 0 Å². The van der Waals surface area contributed by atoms with Gasteiger partial charge < -0.3 is 20.0 Å². The molecular formula is C36H47N5O2. The zero-order valence-electron chi connectivity index (χ0n) is 26.3. The van der Waals surface area contributed by atoms with Gasteiger partial charge in [0.1, 0.15) is 0 Å².